The summed E-state index contributed by atoms with van der Waals surface area (Å²) < 4.78 is 33.0. The monoisotopic (exact) mass is 412 g/mol. The van der Waals surface area contributed by atoms with Gasteiger partial charge in [0.15, 0.2) is 0 Å². The Morgan fingerprint density at radius 1 is 1.00 bits per heavy atom. The van der Waals surface area contributed by atoms with Crippen LogP contribution in [0.4, 0.5) is 11.4 Å². The van der Waals surface area contributed by atoms with Gasteiger partial charge in [-0.05, 0) is 36.8 Å². The maximum absolute atomic E-state index is 13.4. The van der Waals surface area contributed by atoms with Crippen LogP contribution >= 0.6 is 0 Å². The van der Waals surface area contributed by atoms with E-state index >= 15 is 0 Å². The van der Waals surface area contributed by atoms with Gasteiger partial charge in [-0.3, -0.25) is 14.4 Å². The summed E-state index contributed by atoms with van der Waals surface area (Å²) in [6.07, 6.45) is 0. The number of hydrogen-bond donors (Lipinski definition) is 0. The number of methoxy groups -OCH3 is 1. The number of aryl methyl sites for hydroxylation is 1. The molecule has 0 heterocycles. The molecule has 0 bridgehead atoms. The van der Waals surface area contributed by atoms with Gasteiger partial charge in [-0.1, -0.05) is 48.0 Å². The average Bonchev–Trinajstić information content (AvgIpc) is 2.72. The molecular weight excluding hydrogens is 392 g/mol. The summed E-state index contributed by atoms with van der Waals surface area (Å²) in [5.41, 5.74) is 1.23. The van der Waals surface area contributed by atoms with Gasteiger partial charge in [0.25, 0.3) is 15.7 Å². The van der Waals surface area contributed by atoms with Crippen LogP contribution in [0.3, 0.4) is 0 Å². The van der Waals surface area contributed by atoms with E-state index in [0.717, 1.165) is 9.87 Å². The molecule has 0 spiro atoms. The van der Waals surface area contributed by atoms with Gasteiger partial charge >= 0.3 is 0 Å². The lowest BCUT2D eigenvalue weighted by atomic mass is 10.2. The highest BCUT2D eigenvalue weighted by atomic mass is 32.2. The van der Waals surface area contributed by atoms with Crippen molar-refractivity contribution in [3.63, 3.8) is 0 Å². The molecule has 0 aromatic heterocycles. The van der Waals surface area contributed by atoms with Crippen LogP contribution in [0.1, 0.15) is 11.1 Å². The van der Waals surface area contributed by atoms with E-state index < -0.39 is 14.9 Å². The molecular formula is C21H20N2O5S. The quantitative estimate of drug-likeness (QED) is 0.426. The van der Waals surface area contributed by atoms with Gasteiger partial charge in [-0.2, -0.15) is 0 Å². The topological polar surface area (TPSA) is 89.8 Å². The Bertz CT molecular complexity index is 1110. The molecule has 0 unspecified atom stereocenters. The van der Waals surface area contributed by atoms with Crippen molar-refractivity contribution in [3.05, 3.63) is 94.0 Å². The van der Waals surface area contributed by atoms with Gasteiger partial charge in [0.1, 0.15) is 11.4 Å². The molecule has 3 aromatic rings. The van der Waals surface area contributed by atoms with Crippen LogP contribution in [0.15, 0.2) is 77.7 Å². The van der Waals surface area contributed by atoms with E-state index in [2.05, 4.69) is 0 Å². The Balaban J connectivity index is 2.19. The van der Waals surface area contributed by atoms with Gasteiger partial charge in [0.2, 0.25) is 0 Å². The van der Waals surface area contributed by atoms with E-state index in [0.29, 0.717) is 5.56 Å². The molecule has 3 aromatic carbocycles. The lowest BCUT2D eigenvalue weighted by Gasteiger charge is -2.24. The maximum Gasteiger partial charge on any atom is 0.297 e. The number of nitro groups is 1. The largest absolute Gasteiger partial charge is 0.496 e. The van der Waals surface area contributed by atoms with Crippen molar-refractivity contribution in [2.75, 3.05) is 11.4 Å². The first kappa shape index (κ1) is 20.3. The lowest BCUT2D eigenvalue weighted by Crippen LogP contribution is -2.31. The van der Waals surface area contributed by atoms with Crippen molar-refractivity contribution in [1.82, 2.24) is 0 Å². The van der Waals surface area contributed by atoms with Crippen LogP contribution < -0.4 is 9.04 Å². The third-order valence-electron chi connectivity index (χ3n) is 4.43. The Morgan fingerprint density at radius 2 is 1.66 bits per heavy atom. The van der Waals surface area contributed by atoms with Crippen molar-refractivity contribution < 1.29 is 18.1 Å². The summed E-state index contributed by atoms with van der Waals surface area (Å²) in [6, 6.07) is 19.4. The number of ether oxygens (including phenoxy) is 1. The van der Waals surface area contributed by atoms with E-state index in [1.165, 1.54) is 37.4 Å². The van der Waals surface area contributed by atoms with Crippen LogP contribution in [0.2, 0.25) is 0 Å². The molecule has 0 aliphatic heterocycles. The zero-order valence-corrected chi connectivity index (χ0v) is 16.8. The molecule has 0 atom stereocenters. The average molecular weight is 412 g/mol. The minimum atomic E-state index is -4.06. The molecule has 0 saturated heterocycles. The number of nitro benzene ring substituents is 1. The number of rotatable bonds is 7. The number of benzene rings is 3. The fourth-order valence-corrected chi connectivity index (χ4v) is 4.34. The number of hydrogen-bond acceptors (Lipinski definition) is 5. The van der Waals surface area contributed by atoms with Gasteiger partial charge in [-0.15, -0.1) is 0 Å². The molecule has 0 aliphatic carbocycles. The van der Waals surface area contributed by atoms with Crippen LogP contribution in [-0.2, 0) is 16.6 Å². The molecule has 0 aliphatic rings. The predicted molar refractivity (Wildman–Crippen MR) is 111 cm³/mol. The van der Waals surface area contributed by atoms with Gasteiger partial charge in [0, 0.05) is 0 Å². The second kappa shape index (κ2) is 8.32. The summed E-state index contributed by atoms with van der Waals surface area (Å²) in [6.45, 7) is 1.80. The fraction of sp³-hybridized carbons (Fsp3) is 0.143. The summed E-state index contributed by atoms with van der Waals surface area (Å²) in [7, 11) is -2.66. The SMILES string of the molecule is COc1ccc(N(Cc2ccccc2)S(=O)(=O)c2ccc(C)cc2)c([N+](=O)[O-])c1. The first-order valence-electron chi connectivity index (χ1n) is 8.78. The predicted octanol–water partition coefficient (Wildman–Crippen LogP) is 4.31. The zero-order chi connectivity index (χ0) is 21.0. The van der Waals surface area contributed by atoms with Crippen LogP contribution in [0, 0.1) is 17.0 Å². The Labute approximate surface area is 169 Å². The van der Waals surface area contributed by atoms with Gasteiger partial charge in [0.05, 0.1) is 29.5 Å². The molecule has 150 valence electrons. The Morgan fingerprint density at radius 3 is 2.24 bits per heavy atom. The molecule has 8 heteroatoms. The van der Waals surface area contributed by atoms with Gasteiger partial charge < -0.3 is 4.74 Å². The summed E-state index contributed by atoms with van der Waals surface area (Å²) >= 11 is 0. The number of nitrogens with zero attached hydrogens (tertiary/aromatic N) is 2. The fourth-order valence-electron chi connectivity index (χ4n) is 2.87. The summed E-state index contributed by atoms with van der Waals surface area (Å²) in [4.78, 5) is 11.1. The van der Waals surface area contributed by atoms with Crippen LogP contribution in [0.5, 0.6) is 5.75 Å². The second-order valence-electron chi connectivity index (χ2n) is 6.42. The molecule has 29 heavy (non-hydrogen) atoms. The van der Waals surface area contributed by atoms with Crippen molar-refractivity contribution in [3.8, 4) is 5.75 Å². The summed E-state index contributed by atoms with van der Waals surface area (Å²) in [5.74, 6) is 0.271. The van der Waals surface area contributed by atoms with E-state index in [1.807, 2.05) is 13.0 Å². The minimum Gasteiger partial charge on any atom is -0.496 e. The third kappa shape index (κ3) is 4.38. The van der Waals surface area contributed by atoms with E-state index in [1.54, 1.807) is 36.4 Å². The van der Waals surface area contributed by atoms with Crippen molar-refractivity contribution in [1.29, 1.82) is 0 Å². The Hall–Kier alpha value is -3.39. The highest BCUT2D eigenvalue weighted by molar-refractivity contribution is 7.92. The lowest BCUT2D eigenvalue weighted by molar-refractivity contribution is -0.384. The summed E-state index contributed by atoms with van der Waals surface area (Å²) in [5, 5.41) is 11.7. The van der Waals surface area contributed by atoms with Crippen molar-refractivity contribution >= 4 is 21.4 Å². The molecule has 0 saturated carbocycles. The van der Waals surface area contributed by atoms with Gasteiger partial charge in [-0.25, -0.2) is 8.42 Å². The maximum atomic E-state index is 13.4. The van der Waals surface area contributed by atoms with Crippen LogP contribution in [0.25, 0.3) is 0 Å². The highest BCUT2D eigenvalue weighted by Crippen LogP contribution is 2.36. The molecule has 0 N–H and O–H groups in total. The number of sulfonamides is 1. The van der Waals surface area contributed by atoms with E-state index in [9.17, 15) is 18.5 Å². The highest BCUT2D eigenvalue weighted by Gasteiger charge is 2.31. The molecule has 0 radical (unpaired) electrons. The van der Waals surface area contributed by atoms with E-state index in [4.69, 9.17) is 4.74 Å². The molecule has 0 amide bonds. The second-order valence-corrected chi connectivity index (χ2v) is 8.28. The molecule has 3 rings (SSSR count). The zero-order valence-electron chi connectivity index (χ0n) is 16.0. The third-order valence-corrected chi connectivity index (χ3v) is 6.20. The smallest absolute Gasteiger partial charge is 0.297 e. The molecule has 0 fully saturated rings. The minimum absolute atomic E-state index is 0.0276. The van der Waals surface area contributed by atoms with E-state index in [-0.39, 0.29) is 28.6 Å². The normalized spacial score (nSPS) is 11.1. The van der Waals surface area contributed by atoms with Crippen molar-refractivity contribution in [2.24, 2.45) is 0 Å². The Kier molecular flexibility index (Phi) is 5.84. The standard InChI is InChI=1S/C21H20N2O5S/c1-16-8-11-19(12-9-16)29(26,27)22(15-17-6-4-3-5-7-17)20-13-10-18(28-2)14-21(20)23(24)25/h3-14H,15H2,1-2H3. The van der Waals surface area contributed by atoms with Crippen LogP contribution in [-0.4, -0.2) is 20.5 Å². The number of anilines is 1. The molecule has 7 nitrogen and oxygen atoms in total. The first-order valence-corrected chi connectivity index (χ1v) is 10.2. The van der Waals surface area contributed by atoms with Crippen molar-refractivity contribution in [2.45, 2.75) is 18.4 Å². The first-order chi connectivity index (χ1) is 13.8.